The number of anilines is 2. The number of ether oxygens (including phenoxy) is 2. The second kappa shape index (κ2) is 5.59. The van der Waals surface area contributed by atoms with E-state index in [-0.39, 0.29) is 16.3 Å². The number of hydrogen-bond donors (Lipinski definition) is 2. The fourth-order valence-electron chi connectivity index (χ4n) is 1.64. The van der Waals surface area contributed by atoms with Crippen LogP contribution in [0.25, 0.3) is 0 Å². The van der Waals surface area contributed by atoms with E-state index in [4.69, 9.17) is 15.2 Å². The summed E-state index contributed by atoms with van der Waals surface area (Å²) in [6.45, 7) is 0. The van der Waals surface area contributed by atoms with Crippen molar-refractivity contribution < 1.29 is 17.9 Å². The van der Waals surface area contributed by atoms with Gasteiger partial charge in [0, 0.05) is 11.4 Å². The molecule has 8 heteroatoms. The molecule has 1 aromatic carbocycles. The molecule has 0 spiro atoms. The van der Waals surface area contributed by atoms with Gasteiger partial charge in [-0.15, -0.1) is 0 Å². The fraction of sp³-hybridized carbons (Fsp3) is 0.167. The van der Waals surface area contributed by atoms with E-state index in [1.165, 1.54) is 37.7 Å². The number of rotatable bonds is 5. The van der Waals surface area contributed by atoms with Crippen LogP contribution in [0, 0.1) is 0 Å². The number of nitrogens with two attached hydrogens (primary N) is 1. The SMILES string of the molecule is COc1cc(OC)c(S(=O)(=O)Nc2ccsc2)cc1N. The van der Waals surface area contributed by atoms with E-state index in [1.807, 2.05) is 0 Å². The van der Waals surface area contributed by atoms with E-state index < -0.39 is 10.0 Å². The van der Waals surface area contributed by atoms with E-state index >= 15 is 0 Å². The first kappa shape index (κ1) is 14.5. The predicted octanol–water partition coefficient (Wildman–Crippen LogP) is 2.15. The zero-order valence-corrected chi connectivity index (χ0v) is 12.5. The van der Waals surface area contributed by atoms with Gasteiger partial charge in [0.15, 0.2) is 0 Å². The van der Waals surface area contributed by atoms with E-state index in [0.717, 1.165) is 0 Å². The van der Waals surface area contributed by atoms with Gasteiger partial charge in [-0.05, 0) is 17.5 Å². The maximum Gasteiger partial charge on any atom is 0.265 e. The highest BCUT2D eigenvalue weighted by molar-refractivity contribution is 7.92. The van der Waals surface area contributed by atoms with E-state index in [2.05, 4.69) is 4.72 Å². The summed E-state index contributed by atoms with van der Waals surface area (Å²) in [5.74, 6) is 0.523. The number of hydrogen-bond acceptors (Lipinski definition) is 6. The molecule has 0 atom stereocenters. The lowest BCUT2D eigenvalue weighted by atomic mass is 10.3. The predicted molar refractivity (Wildman–Crippen MR) is 79.1 cm³/mol. The van der Waals surface area contributed by atoms with Crippen molar-refractivity contribution in [3.63, 3.8) is 0 Å². The van der Waals surface area contributed by atoms with E-state index in [1.54, 1.807) is 16.8 Å². The smallest absolute Gasteiger partial charge is 0.265 e. The third-order valence-electron chi connectivity index (χ3n) is 2.58. The molecule has 6 nitrogen and oxygen atoms in total. The summed E-state index contributed by atoms with van der Waals surface area (Å²) in [7, 11) is -0.947. The highest BCUT2D eigenvalue weighted by Crippen LogP contribution is 2.34. The molecule has 0 saturated carbocycles. The molecule has 0 aliphatic heterocycles. The Morgan fingerprint density at radius 1 is 1.20 bits per heavy atom. The van der Waals surface area contributed by atoms with Crippen LogP contribution in [0.5, 0.6) is 11.5 Å². The Bertz CT molecular complexity index is 696. The van der Waals surface area contributed by atoms with Gasteiger partial charge in [-0.3, -0.25) is 4.72 Å². The summed E-state index contributed by atoms with van der Waals surface area (Å²) < 4.78 is 37.3. The molecule has 0 aliphatic carbocycles. The molecule has 0 radical (unpaired) electrons. The maximum atomic E-state index is 12.3. The molecule has 20 heavy (non-hydrogen) atoms. The minimum Gasteiger partial charge on any atom is -0.495 e. The van der Waals surface area contributed by atoms with Crippen LogP contribution in [-0.2, 0) is 10.0 Å². The van der Waals surface area contributed by atoms with Gasteiger partial charge in [0.25, 0.3) is 10.0 Å². The van der Waals surface area contributed by atoms with Crippen LogP contribution < -0.4 is 19.9 Å². The normalized spacial score (nSPS) is 11.1. The van der Waals surface area contributed by atoms with Crippen molar-refractivity contribution in [2.45, 2.75) is 4.90 Å². The number of thiophene rings is 1. The Morgan fingerprint density at radius 2 is 1.90 bits per heavy atom. The molecule has 1 aromatic heterocycles. The topological polar surface area (TPSA) is 90.6 Å². The van der Waals surface area contributed by atoms with Crippen LogP contribution in [0.1, 0.15) is 0 Å². The molecule has 108 valence electrons. The van der Waals surface area contributed by atoms with Crippen LogP contribution in [-0.4, -0.2) is 22.6 Å². The van der Waals surface area contributed by atoms with Crippen molar-refractivity contribution in [3.05, 3.63) is 29.0 Å². The summed E-state index contributed by atoms with van der Waals surface area (Å²) in [4.78, 5) is -0.0375. The van der Waals surface area contributed by atoms with E-state index in [0.29, 0.717) is 11.4 Å². The highest BCUT2D eigenvalue weighted by Gasteiger charge is 2.22. The zero-order chi connectivity index (χ0) is 14.8. The Balaban J connectivity index is 2.48. The second-order valence-corrected chi connectivity index (χ2v) is 6.29. The molecule has 0 bridgehead atoms. The lowest BCUT2D eigenvalue weighted by Gasteiger charge is -2.13. The molecule has 0 fully saturated rings. The Morgan fingerprint density at radius 3 is 2.45 bits per heavy atom. The number of methoxy groups -OCH3 is 2. The van der Waals surface area contributed by atoms with Gasteiger partial charge in [-0.25, -0.2) is 8.42 Å². The lowest BCUT2D eigenvalue weighted by Crippen LogP contribution is -2.14. The quantitative estimate of drug-likeness (QED) is 0.825. The first-order valence-electron chi connectivity index (χ1n) is 5.54. The number of nitrogen functional groups attached to an aromatic ring is 1. The van der Waals surface area contributed by atoms with Crippen LogP contribution in [0.4, 0.5) is 11.4 Å². The van der Waals surface area contributed by atoms with E-state index in [9.17, 15) is 8.42 Å². The summed E-state index contributed by atoms with van der Waals surface area (Å²) >= 11 is 1.39. The van der Waals surface area contributed by atoms with Crippen molar-refractivity contribution in [1.29, 1.82) is 0 Å². The summed E-state index contributed by atoms with van der Waals surface area (Å²) in [6.07, 6.45) is 0. The third kappa shape index (κ3) is 2.81. The Kier molecular flexibility index (Phi) is 4.05. The summed E-state index contributed by atoms with van der Waals surface area (Å²) in [6, 6.07) is 4.42. The van der Waals surface area contributed by atoms with Gasteiger partial charge in [-0.2, -0.15) is 11.3 Å². The lowest BCUT2D eigenvalue weighted by molar-refractivity contribution is 0.387. The van der Waals surface area contributed by atoms with Gasteiger partial charge < -0.3 is 15.2 Å². The monoisotopic (exact) mass is 314 g/mol. The minimum atomic E-state index is -3.78. The Hall–Kier alpha value is -1.93. The van der Waals surface area contributed by atoms with Crippen molar-refractivity contribution in [3.8, 4) is 11.5 Å². The molecule has 0 saturated heterocycles. The van der Waals surface area contributed by atoms with Crippen LogP contribution in [0.15, 0.2) is 33.9 Å². The van der Waals surface area contributed by atoms with Crippen molar-refractivity contribution in [2.24, 2.45) is 0 Å². The van der Waals surface area contributed by atoms with Gasteiger partial charge in [0.2, 0.25) is 0 Å². The highest BCUT2D eigenvalue weighted by atomic mass is 32.2. The molecule has 1 heterocycles. The first-order valence-corrected chi connectivity index (χ1v) is 7.97. The molecular formula is C12H14N2O4S2. The molecule has 2 rings (SSSR count). The van der Waals surface area contributed by atoms with Crippen LogP contribution >= 0.6 is 11.3 Å². The number of sulfonamides is 1. The molecule has 0 aliphatic rings. The molecule has 0 unspecified atom stereocenters. The van der Waals surface area contributed by atoms with Crippen molar-refractivity contribution >= 4 is 32.7 Å². The fourth-order valence-corrected chi connectivity index (χ4v) is 3.53. The van der Waals surface area contributed by atoms with Gasteiger partial charge in [-0.1, -0.05) is 0 Å². The maximum absolute atomic E-state index is 12.3. The Labute approximate surface area is 121 Å². The largest absolute Gasteiger partial charge is 0.495 e. The standard InChI is InChI=1S/C12H14N2O4S2/c1-17-10-6-11(18-2)12(5-9(10)13)20(15,16)14-8-3-4-19-7-8/h3-7,14H,13H2,1-2H3. The summed E-state index contributed by atoms with van der Waals surface area (Å²) in [5, 5.41) is 3.47. The average molecular weight is 314 g/mol. The molecule has 0 amide bonds. The van der Waals surface area contributed by atoms with Crippen LogP contribution in [0.3, 0.4) is 0 Å². The number of nitrogens with one attached hydrogen (secondary N) is 1. The molecule has 2 aromatic rings. The zero-order valence-electron chi connectivity index (χ0n) is 10.9. The molecular weight excluding hydrogens is 300 g/mol. The average Bonchev–Trinajstić information content (AvgIpc) is 2.90. The molecule has 3 N–H and O–H groups in total. The van der Waals surface area contributed by atoms with Gasteiger partial charge in [0.05, 0.1) is 25.6 Å². The second-order valence-electron chi connectivity index (χ2n) is 3.86. The number of benzene rings is 1. The van der Waals surface area contributed by atoms with Crippen molar-refractivity contribution in [2.75, 3.05) is 24.7 Å². The van der Waals surface area contributed by atoms with Crippen LogP contribution in [0.2, 0.25) is 0 Å². The minimum absolute atomic E-state index is 0.0375. The van der Waals surface area contributed by atoms with Crippen molar-refractivity contribution in [1.82, 2.24) is 0 Å². The first-order chi connectivity index (χ1) is 9.47. The van der Waals surface area contributed by atoms with Gasteiger partial charge in [0.1, 0.15) is 16.4 Å². The summed E-state index contributed by atoms with van der Waals surface area (Å²) in [5.41, 5.74) is 6.47. The third-order valence-corrected chi connectivity index (χ3v) is 4.66. The van der Waals surface area contributed by atoms with Gasteiger partial charge >= 0.3 is 0 Å².